The first-order valence-corrected chi connectivity index (χ1v) is 5.85. The maximum absolute atomic E-state index is 11.8. The van der Waals surface area contributed by atoms with E-state index in [-0.39, 0.29) is 12.5 Å². The molecule has 1 rings (SSSR count). The third kappa shape index (κ3) is 3.98. The Bertz CT molecular complexity index is 281. The smallest absolute Gasteiger partial charge is 0.307 e. The molecule has 0 aliphatic heterocycles. The van der Waals surface area contributed by atoms with Crippen molar-refractivity contribution in [1.82, 2.24) is 5.32 Å². The van der Waals surface area contributed by atoms with Crippen LogP contribution in [0.3, 0.4) is 0 Å². The molecular weight excluding hydrogens is 226 g/mol. The van der Waals surface area contributed by atoms with Crippen LogP contribution in [-0.2, 0) is 9.59 Å². The summed E-state index contributed by atoms with van der Waals surface area (Å²) in [4.78, 5) is 22.8. The van der Waals surface area contributed by atoms with Gasteiger partial charge in [0.25, 0.3) is 0 Å². The lowest BCUT2D eigenvalue weighted by Gasteiger charge is -2.27. The number of rotatable bonds is 5. The molecule has 1 fully saturated rings. The molecule has 0 aromatic heterocycles. The second-order valence-electron chi connectivity index (χ2n) is 4.42. The van der Waals surface area contributed by atoms with Gasteiger partial charge >= 0.3 is 5.97 Å². The van der Waals surface area contributed by atoms with Crippen molar-refractivity contribution in [3.63, 3.8) is 0 Å². The van der Waals surface area contributed by atoms with E-state index in [1.165, 1.54) is 0 Å². The van der Waals surface area contributed by atoms with E-state index in [0.717, 1.165) is 12.8 Å². The molecule has 6 nitrogen and oxygen atoms in total. The zero-order valence-corrected chi connectivity index (χ0v) is 9.63. The number of aliphatic carboxylic acids is 1. The summed E-state index contributed by atoms with van der Waals surface area (Å²) in [5, 5.41) is 29.2. The molecule has 1 aliphatic carbocycles. The minimum absolute atomic E-state index is 0.0435. The predicted octanol–water partition coefficient (Wildman–Crippen LogP) is -0.653. The van der Waals surface area contributed by atoms with E-state index in [1.807, 2.05) is 0 Å². The van der Waals surface area contributed by atoms with Crippen molar-refractivity contribution in [1.29, 1.82) is 0 Å². The Kier molecular flexibility index (Phi) is 5.37. The molecule has 0 spiro atoms. The number of carboxylic acids is 1. The van der Waals surface area contributed by atoms with Crippen LogP contribution in [0.5, 0.6) is 0 Å². The van der Waals surface area contributed by atoms with Crippen LogP contribution in [0.2, 0.25) is 0 Å². The average Bonchev–Trinajstić information content (AvgIpc) is 2.35. The second kappa shape index (κ2) is 6.56. The Morgan fingerprint density at radius 1 is 1.24 bits per heavy atom. The average molecular weight is 245 g/mol. The van der Waals surface area contributed by atoms with Gasteiger partial charge in [0, 0.05) is 6.54 Å². The summed E-state index contributed by atoms with van der Waals surface area (Å²) in [5.41, 5.74) is 0. The van der Waals surface area contributed by atoms with Gasteiger partial charge in [-0.1, -0.05) is 12.8 Å². The van der Waals surface area contributed by atoms with Crippen molar-refractivity contribution < 1.29 is 24.9 Å². The molecule has 0 heterocycles. The number of amides is 1. The molecule has 1 amide bonds. The summed E-state index contributed by atoms with van der Waals surface area (Å²) in [5.74, 6) is -2.43. The van der Waals surface area contributed by atoms with Gasteiger partial charge in [-0.15, -0.1) is 0 Å². The van der Waals surface area contributed by atoms with Gasteiger partial charge in [0.2, 0.25) is 5.91 Å². The quantitative estimate of drug-likeness (QED) is 0.515. The highest BCUT2D eigenvalue weighted by molar-refractivity contribution is 5.84. The highest BCUT2D eigenvalue weighted by Crippen LogP contribution is 2.30. The van der Waals surface area contributed by atoms with Crippen molar-refractivity contribution in [3.05, 3.63) is 0 Å². The van der Waals surface area contributed by atoms with Gasteiger partial charge in [-0.05, 0) is 12.8 Å². The van der Waals surface area contributed by atoms with Crippen molar-refractivity contribution in [2.24, 2.45) is 11.8 Å². The number of hydrogen-bond acceptors (Lipinski definition) is 4. The van der Waals surface area contributed by atoms with E-state index in [0.29, 0.717) is 12.8 Å². The van der Waals surface area contributed by atoms with E-state index >= 15 is 0 Å². The molecule has 4 N–H and O–H groups in total. The van der Waals surface area contributed by atoms with Crippen LogP contribution in [0.15, 0.2) is 0 Å². The van der Waals surface area contributed by atoms with Crippen LogP contribution >= 0.6 is 0 Å². The van der Waals surface area contributed by atoms with Crippen molar-refractivity contribution in [2.45, 2.75) is 31.8 Å². The zero-order valence-electron chi connectivity index (χ0n) is 9.63. The molecule has 0 bridgehead atoms. The third-order valence-corrected chi connectivity index (χ3v) is 3.14. The Labute approximate surface area is 99.6 Å². The van der Waals surface area contributed by atoms with E-state index < -0.39 is 30.5 Å². The molecule has 17 heavy (non-hydrogen) atoms. The SMILES string of the molecule is O=C(O)[C@H]1CCCC[C@H]1C(=O)NCC(O)CO. The Hall–Kier alpha value is -1.14. The van der Waals surface area contributed by atoms with Crippen LogP contribution < -0.4 is 5.32 Å². The molecule has 0 aromatic carbocycles. The molecule has 1 aliphatic rings. The first kappa shape index (κ1) is 13.9. The summed E-state index contributed by atoms with van der Waals surface area (Å²) >= 11 is 0. The van der Waals surface area contributed by atoms with Gasteiger partial charge < -0.3 is 20.6 Å². The number of aliphatic hydroxyl groups excluding tert-OH is 2. The van der Waals surface area contributed by atoms with Gasteiger partial charge in [-0.2, -0.15) is 0 Å². The largest absolute Gasteiger partial charge is 0.481 e. The minimum Gasteiger partial charge on any atom is -0.481 e. The molecule has 6 heteroatoms. The Balaban J connectivity index is 2.50. The van der Waals surface area contributed by atoms with Crippen LogP contribution in [0.25, 0.3) is 0 Å². The number of aliphatic hydroxyl groups is 2. The van der Waals surface area contributed by atoms with Gasteiger partial charge in [0.1, 0.15) is 0 Å². The van der Waals surface area contributed by atoms with E-state index in [9.17, 15) is 9.59 Å². The predicted molar refractivity (Wildman–Crippen MR) is 59.2 cm³/mol. The van der Waals surface area contributed by atoms with Gasteiger partial charge in [0.05, 0.1) is 24.5 Å². The first-order chi connectivity index (χ1) is 8.06. The van der Waals surface area contributed by atoms with E-state index in [2.05, 4.69) is 5.32 Å². The second-order valence-corrected chi connectivity index (χ2v) is 4.42. The normalized spacial score (nSPS) is 26.2. The lowest BCUT2D eigenvalue weighted by molar-refractivity contribution is -0.149. The summed E-state index contributed by atoms with van der Waals surface area (Å²) in [6.45, 7) is -0.467. The molecule has 98 valence electrons. The monoisotopic (exact) mass is 245 g/mol. The molecule has 0 saturated heterocycles. The maximum atomic E-state index is 11.8. The lowest BCUT2D eigenvalue weighted by atomic mass is 9.78. The van der Waals surface area contributed by atoms with Crippen molar-refractivity contribution >= 4 is 11.9 Å². The summed E-state index contributed by atoms with van der Waals surface area (Å²) in [6, 6.07) is 0. The van der Waals surface area contributed by atoms with Gasteiger partial charge in [0.15, 0.2) is 0 Å². The van der Waals surface area contributed by atoms with Crippen LogP contribution in [0.4, 0.5) is 0 Å². The minimum atomic E-state index is -0.995. The topological polar surface area (TPSA) is 107 Å². The van der Waals surface area contributed by atoms with Crippen LogP contribution in [-0.4, -0.2) is 46.5 Å². The fourth-order valence-electron chi connectivity index (χ4n) is 2.15. The maximum Gasteiger partial charge on any atom is 0.307 e. The van der Waals surface area contributed by atoms with E-state index in [4.69, 9.17) is 15.3 Å². The highest BCUT2D eigenvalue weighted by Gasteiger charge is 2.35. The fourth-order valence-corrected chi connectivity index (χ4v) is 2.15. The van der Waals surface area contributed by atoms with Crippen molar-refractivity contribution in [2.75, 3.05) is 13.2 Å². The third-order valence-electron chi connectivity index (χ3n) is 3.14. The number of hydrogen-bond donors (Lipinski definition) is 4. The fraction of sp³-hybridized carbons (Fsp3) is 0.818. The Morgan fingerprint density at radius 3 is 2.35 bits per heavy atom. The summed E-state index contributed by atoms with van der Waals surface area (Å²) in [6.07, 6.45) is 1.78. The van der Waals surface area contributed by atoms with Crippen LogP contribution in [0, 0.1) is 11.8 Å². The van der Waals surface area contributed by atoms with E-state index in [1.54, 1.807) is 0 Å². The molecule has 3 atom stereocenters. The standard InChI is InChI=1S/C11H19NO5/c13-6-7(14)5-12-10(15)8-3-1-2-4-9(8)11(16)17/h7-9,13-14H,1-6H2,(H,12,15)(H,16,17)/t7?,8-,9+/m1/s1. The lowest BCUT2D eigenvalue weighted by Crippen LogP contribution is -2.42. The number of carboxylic acid groups (broad SMARTS) is 1. The summed E-state index contributed by atoms with van der Waals surface area (Å²) in [7, 11) is 0. The number of carbonyl (C=O) groups excluding carboxylic acids is 1. The molecule has 1 unspecified atom stereocenters. The molecule has 0 radical (unpaired) electrons. The van der Waals surface area contributed by atoms with Crippen molar-refractivity contribution in [3.8, 4) is 0 Å². The molecule has 1 saturated carbocycles. The molecular formula is C11H19NO5. The Morgan fingerprint density at radius 2 is 1.82 bits per heavy atom. The first-order valence-electron chi connectivity index (χ1n) is 5.85. The van der Waals surface area contributed by atoms with Gasteiger partial charge in [-0.25, -0.2) is 0 Å². The summed E-state index contributed by atoms with van der Waals surface area (Å²) < 4.78 is 0. The zero-order chi connectivity index (χ0) is 12.8. The van der Waals surface area contributed by atoms with Gasteiger partial charge in [-0.3, -0.25) is 9.59 Å². The highest BCUT2D eigenvalue weighted by atomic mass is 16.4. The number of nitrogens with one attached hydrogen (secondary N) is 1. The van der Waals surface area contributed by atoms with Crippen LogP contribution in [0.1, 0.15) is 25.7 Å². The molecule has 0 aromatic rings. The number of carbonyl (C=O) groups is 2.